The quantitative estimate of drug-likeness (QED) is 0.200. The Morgan fingerprint density at radius 2 is 0.465 bits per heavy atom. The van der Waals surface area contributed by atoms with Crippen molar-refractivity contribution in [1.82, 2.24) is 0 Å². The second kappa shape index (κ2) is 12.3. The number of rotatable bonds is 8. The van der Waals surface area contributed by atoms with Gasteiger partial charge in [-0.15, -0.1) is 0 Å². The molecule has 43 heavy (non-hydrogen) atoms. The lowest BCUT2D eigenvalue weighted by Gasteiger charge is -2.26. The summed E-state index contributed by atoms with van der Waals surface area (Å²) < 4.78 is 0. The van der Waals surface area contributed by atoms with Crippen LogP contribution in [0.1, 0.15) is 22.3 Å². The largest absolute Gasteiger partial charge is 0.356 e. The van der Waals surface area contributed by atoms with Crippen LogP contribution in [0.25, 0.3) is 0 Å². The van der Waals surface area contributed by atoms with E-state index in [4.69, 9.17) is 0 Å². The van der Waals surface area contributed by atoms with Crippen molar-refractivity contribution < 1.29 is 0 Å². The van der Waals surface area contributed by atoms with E-state index >= 15 is 0 Å². The first-order valence-electron chi connectivity index (χ1n) is 14.8. The third-order valence-corrected chi connectivity index (χ3v) is 7.71. The second-order valence-electron chi connectivity index (χ2n) is 11.2. The summed E-state index contributed by atoms with van der Waals surface area (Å²) in [5.74, 6) is 0. The van der Waals surface area contributed by atoms with Crippen LogP contribution < -0.4 is 15.1 Å². The van der Waals surface area contributed by atoms with E-state index in [2.05, 4.69) is 188 Å². The zero-order valence-corrected chi connectivity index (χ0v) is 25.3. The van der Waals surface area contributed by atoms with Crippen LogP contribution in [-0.2, 0) is 0 Å². The van der Waals surface area contributed by atoms with Crippen LogP contribution >= 0.6 is 0 Å². The Hall–Kier alpha value is -5.28. The Labute approximate surface area is 255 Å². The third kappa shape index (κ3) is 6.47. The molecule has 0 spiro atoms. The van der Waals surface area contributed by atoms with Gasteiger partial charge in [-0.1, -0.05) is 70.8 Å². The van der Waals surface area contributed by atoms with Crippen LogP contribution in [0.5, 0.6) is 0 Å². The van der Waals surface area contributed by atoms with Gasteiger partial charge in [0.15, 0.2) is 0 Å². The molecule has 0 heterocycles. The van der Waals surface area contributed by atoms with Gasteiger partial charge in [0, 0.05) is 45.5 Å². The molecule has 0 saturated heterocycles. The maximum absolute atomic E-state index is 3.59. The van der Waals surface area contributed by atoms with Gasteiger partial charge in [-0.3, -0.25) is 0 Å². The van der Waals surface area contributed by atoms with E-state index in [1.807, 2.05) is 0 Å². The summed E-state index contributed by atoms with van der Waals surface area (Å²) in [4.78, 5) is 4.59. The highest BCUT2D eigenvalue weighted by atomic mass is 15.1. The zero-order valence-electron chi connectivity index (χ0n) is 25.3. The molecule has 0 unspecified atom stereocenters. The van der Waals surface area contributed by atoms with E-state index in [0.717, 1.165) is 45.5 Å². The molecular weight excluding hydrogens is 522 g/mol. The molecule has 6 aromatic carbocycles. The highest BCUT2D eigenvalue weighted by molar-refractivity contribution is 5.80. The van der Waals surface area contributed by atoms with Gasteiger partial charge in [0.25, 0.3) is 0 Å². The normalized spacial score (nSPS) is 10.8. The number of nitrogens with one attached hydrogen (secondary N) is 1. The van der Waals surface area contributed by atoms with Crippen molar-refractivity contribution in [2.45, 2.75) is 27.7 Å². The number of anilines is 8. The lowest BCUT2D eigenvalue weighted by atomic mass is 10.1. The molecule has 1 N–H and O–H groups in total. The van der Waals surface area contributed by atoms with E-state index in [9.17, 15) is 0 Å². The van der Waals surface area contributed by atoms with Crippen molar-refractivity contribution in [2.75, 3.05) is 15.1 Å². The Bertz CT molecular complexity index is 1540. The first kappa shape index (κ1) is 27.9. The Morgan fingerprint density at radius 1 is 0.279 bits per heavy atom. The van der Waals surface area contributed by atoms with Crippen LogP contribution in [0.4, 0.5) is 45.5 Å². The maximum atomic E-state index is 3.59. The molecule has 0 aliphatic rings. The fourth-order valence-electron chi connectivity index (χ4n) is 5.22. The van der Waals surface area contributed by atoms with E-state index in [0.29, 0.717) is 0 Å². The molecule has 6 aromatic rings. The number of hydrogen-bond donors (Lipinski definition) is 1. The minimum absolute atomic E-state index is 1.04. The molecule has 0 amide bonds. The monoisotopic (exact) mass is 559 g/mol. The Kier molecular flexibility index (Phi) is 7.97. The first-order chi connectivity index (χ1) is 20.9. The highest BCUT2D eigenvalue weighted by Gasteiger charge is 2.14. The van der Waals surface area contributed by atoms with Gasteiger partial charge < -0.3 is 15.1 Å². The topological polar surface area (TPSA) is 18.5 Å². The van der Waals surface area contributed by atoms with Gasteiger partial charge in [0.1, 0.15) is 0 Å². The van der Waals surface area contributed by atoms with Crippen molar-refractivity contribution >= 4 is 45.5 Å². The van der Waals surface area contributed by atoms with E-state index in [1.54, 1.807) is 0 Å². The van der Waals surface area contributed by atoms with Crippen LogP contribution in [0.2, 0.25) is 0 Å². The summed E-state index contributed by atoms with van der Waals surface area (Å²) in [5.41, 5.74) is 13.8. The molecule has 0 radical (unpaired) electrons. The average molecular weight is 560 g/mol. The molecule has 0 saturated carbocycles. The van der Waals surface area contributed by atoms with Gasteiger partial charge in [0.05, 0.1) is 0 Å². The molecule has 0 aliphatic heterocycles. The molecule has 3 nitrogen and oxygen atoms in total. The number of hydrogen-bond acceptors (Lipinski definition) is 3. The molecule has 0 fully saturated rings. The van der Waals surface area contributed by atoms with Crippen LogP contribution in [0.15, 0.2) is 146 Å². The molecule has 0 atom stereocenters. The fraction of sp³-hybridized carbons (Fsp3) is 0.100. The fourth-order valence-corrected chi connectivity index (χ4v) is 5.22. The Balaban J connectivity index is 1.24. The molecule has 0 aromatic heterocycles. The molecule has 3 heteroatoms. The van der Waals surface area contributed by atoms with E-state index < -0.39 is 0 Å². The SMILES string of the molecule is Cc1ccc(N(c2ccc(C)cc2)c2ccc(Nc3ccc(N(c4ccc(C)cc4)c4ccc(C)cc4)cc3)cc2)cc1. The second-order valence-corrected chi connectivity index (χ2v) is 11.2. The van der Waals surface area contributed by atoms with Crippen molar-refractivity contribution in [2.24, 2.45) is 0 Å². The van der Waals surface area contributed by atoms with E-state index in [-0.39, 0.29) is 0 Å². The third-order valence-electron chi connectivity index (χ3n) is 7.71. The number of benzene rings is 6. The lowest BCUT2D eigenvalue weighted by molar-refractivity contribution is 1.26. The molecule has 0 bridgehead atoms. The van der Waals surface area contributed by atoms with Crippen LogP contribution in [0.3, 0.4) is 0 Å². The summed E-state index contributed by atoms with van der Waals surface area (Å²) in [6.45, 7) is 8.48. The van der Waals surface area contributed by atoms with Gasteiger partial charge in [0.2, 0.25) is 0 Å². The summed E-state index contributed by atoms with van der Waals surface area (Å²) in [6.07, 6.45) is 0. The lowest BCUT2D eigenvalue weighted by Crippen LogP contribution is -2.10. The maximum Gasteiger partial charge on any atom is 0.0463 e. The van der Waals surface area contributed by atoms with Crippen molar-refractivity contribution in [3.05, 3.63) is 168 Å². The summed E-state index contributed by atoms with van der Waals surface area (Å²) in [6, 6.07) is 52.0. The molecular formula is C40H37N3. The molecule has 0 aliphatic carbocycles. The first-order valence-corrected chi connectivity index (χ1v) is 14.8. The average Bonchev–Trinajstić information content (AvgIpc) is 3.03. The van der Waals surface area contributed by atoms with Gasteiger partial charge in [-0.05, 0) is 125 Å². The summed E-state index contributed by atoms with van der Waals surface area (Å²) in [5, 5.41) is 3.59. The number of nitrogens with zero attached hydrogens (tertiary/aromatic N) is 2. The van der Waals surface area contributed by atoms with Crippen molar-refractivity contribution in [3.8, 4) is 0 Å². The predicted octanol–water partition coefficient (Wildman–Crippen LogP) is 11.6. The van der Waals surface area contributed by atoms with Gasteiger partial charge in [-0.2, -0.15) is 0 Å². The van der Waals surface area contributed by atoms with Crippen LogP contribution in [-0.4, -0.2) is 0 Å². The van der Waals surface area contributed by atoms with E-state index in [1.165, 1.54) is 22.3 Å². The Morgan fingerprint density at radius 3 is 0.674 bits per heavy atom. The van der Waals surface area contributed by atoms with Gasteiger partial charge >= 0.3 is 0 Å². The highest BCUT2D eigenvalue weighted by Crippen LogP contribution is 2.37. The van der Waals surface area contributed by atoms with Crippen molar-refractivity contribution in [3.63, 3.8) is 0 Å². The molecule has 6 rings (SSSR count). The minimum Gasteiger partial charge on any atom is -0.356 e. The number of aryl methyl sites for hydroxylation is 4. The predicted molar refractivity (Wildman–Crippen MR) is 184 cm³/mol. The van der Waals surface area contributed by atoms with Crippen LogP contribution in [0, 0.1) is 27.7 Å². The minimum atomic E-state index is 1.04. The smallest absolute Gasteiger partial charge is 0.0463 e. The molecule has 212 valence electrons. The zero-order chi connectivity index (χ0) is 29.8. The summed E-state index contributed by atoms with van der Waals surface area (Å²) in [7, 11) is 0. The van der Waals surface area contributed by atoms with Gasteiger partial charge in [-0.25, -0.2) is 0 Å². The standard InChI is InChI=1S/C40H37N3/c1-29-5-17-35(18-6-29)42(36-19-7-30(2)8-20-36)39-25-13-33(14-26-39)41-34-15-27-40(28-16-34)43(37-21-9-31(3)10-22-37)38-23-11-32(4)12-24-38/h5-28,41H,1-4H3. The summed E-state index contributed by atoms with van der Waals surface area (Å²) >= 11 is 0. The van der Waals surface area contributed by atoms with Crippen molar-refractivity contribution in [1.29, 1.82) is 0 Å².